The van der Waals surface area contributed by atoms with Gasteiger partial charge in [0.25, 0.3) is 5.91 Å². The minimum absolute atomic E-state index is 0.00114. The second kappa shape index (κ2) is 10.6. The molecule has 0 fully saturated rings. The van der Waals surface area contributed by atoms with E-state index in [0.29, 0.717) is 5.69 Å². The van der Waals surface area contributed by atoms with Crippen molar-refractivity contribution >= 4 is 52.9 Å². The minimum Gasteiger partial charge on any atom is -0.465 e. The van der Waals surface area contributed by atoms with Crippen molar-refractivity contribution in [1.82, 2.24) is 0 Å². The molecule has 1 aliphatic rings. The molecule has 0 saturated heterocycles. The van der Waals surface area contributed by atoms with Gasteiger partial charge in [0, 0.05) is 4.90 Å². The van der Waals surface area contributed by atoms with Crippen molar-refractivity contribution in [3.63, 3.8) is 0 Å². The smallest absolute Gasteiger partial charge is 0.339 e. The zero-order chi connectivity index (χ0) is 24.0. The number of ether oxygens (including phenoxy) is 3. The van der Waals surface area contributed by atoms with Crippen molar-refractivity contribution in [3.8, 4) is 0 Å². The Morgan fingerprint density at radius 3 is 2.48 bits per heavy atom. The number of rotatable bonds is 7. The molecule has 0 aliphatic carbocycles. The van der Waals surface area contributed by atoms with Crippen LogP contribution in [0.25, 0.3) is 0 Å². The average molecular weight is 472 g/mol. The highest BCUT2D eigenvalue weighted by atomic mass is 32.2. The van der Waals surface area contributed by atoms with Gasteiger partial charge in [-0.15, -0.1) is 11.8 Å². The number of carbonyl (C=O) groups excluding carboxylic acids is 5. The van der Waals surface area contributed by atoms with Crippen LogP contribution >= 0.6 is 11.8 Å². The summed E-state index contributed by atoms with van der Waals surface area (Å²) in [4.78, 5) is 61.3. The molecule has 172 valence electrons. The van der Waals surface area contributed by atoms with Gasteiger partial charge >= 0.3 is 17.9 Å². The van der Waals surface area contributed by atoms with Gasteiger partial charge in [0.1, 0.15) is 0 Å². The van der Waals surface area contributed by atoms with E-state index in [9.17, 15) is 24.0 Å². The van der Waals surface area contributed by atoms with E-state index in [1.54, 1.807) is 12.1 Å². The van der Waals surface area contributed by atoms with Gasteiger partial charge < -0.3 is 24.8 Å². The summed E-state index contributed by atoms with van der Waals surface area (Å²) in [6, 6.07) is 11.1. The Morgan fingerprint density at radius 1 is 1.03 bits per heavy atom. The summed E-state index contributed by atoms with van der Waals surface area (Å²) < 4.78 is 14.3. The number of anilines is 2. The monoisotopic (exact) mass is 472 g/mol. The number of hydrogen-bond acceptors (Lipinski definition) is 9. The molecule has 11 heteroatoms. The third-order valence-electron chi connectivity index (χ3n) is 4.54. The number of esters is 3. The molecule has 33 heavy (non-hydrogen) atoms. The molecular formula is C22H20N2O8S. The van der Waals surface area contributed by atoms with Crippen molar-refractivity contribution in [1.29, 1.82) is 0 Å². The van der Waals surface area contributed by atoms with Crippen molar-refractivity contribution in [3.05, 3.63) is 53.6 Å². The van der Waals surface area contributed by atoms with E-state index in [2.05, 4.69) is 20.1 Å². The van der Waals surface area contributed by atoms with E-state index >= 15 is 0 Å². The molecule has 2 aromatic carbocycles. The molecule has 10 nitrogen and oxygen atoms in total. The van der Waals surface area contributed by atoms with E-state index in [-0.39, 0.29) is 29.1 Å². The first-order valence-corrected chi connectivity index (χ1v) is 10.5. The van der Waals surface area contributed by atoms with Crippen molar-refractivity contribution in [2.45, 2.75) is 16.6 Å². The first-order valence-electron chi connectivity index (χ1n) is 9.65. The van der Waals surface area contributed by atoms with Crippen LogP contribution in [-0.4, -0.2) is 55.8 Å². The molecule has 1 heterocycles. The summed E-state index contributed by atoms with van der Waals surface area (Å²) in [7, 11) is 2.36. The van der Waals surface area contributed by atoms with Gasteiger partial charge in [-0.05, 0) is 30.3 Å². The zero-order valence-corrected chi connectivity index (χ0v) is 18.5. The van der Waals surface area contributed by atoms with Gasteiger partial charge in [0.2, 0.25) is 5.91 Å². The van der Waals surface area contributed by atoms with E-state index in [0.717, 1.165) is 4.90 Å². The molecule has 1 atom stereocenters. The van der Waals surface area contributed by atoms with Crippen LogP contribution in [-0.2, 0) is 28.6 Å². The molecule has 1 aliphatic heterocycles. The Hall–Kier alpha value is -3.86. The van der Waals surface area contributed by atoms with Gasteiger partial charge in [-0.25, -0.2) is 9.59 Å². The van der Waals surface area contributed by atoms with E-state index in [4.69, 9.17) is 4.74 Å². The van der Waals surface area contributed by atoms with Crippen LogP contribution in [0.2, 0.25) is 0 Å². The lowest BCUT2D eigenvalue weighted by atomic mass is 10.1. The number of thioether (sulfide) groups is 1. The molecule has 2 N–H and O–H groups in total. The number of methoxy groups -OCH3 is 2. The Labute approximate surface area is 193 Å². The molecule has 0 bridgehead atoms. The van der Waals surface area contributed by atoms with Crippen molar-refractivity contribution in [2.75, 3.05) is 31.5 Å². The van der Waals surface area contributed by atoms with E-state index < -0.39 is 35.7 Å². The van der Waals surface area contributed by atoms with Gasteiger partial charge in [-0.3, -0.25) is 14.4 Å². The van der Waals surface area contributed by atoms with Crippen molar-refractivity contribution < 1.29 is 38.2 Å². The molecule has 0 aromatic heterocycles. The number of nitrogens with one attached hydrogen (secondary N) is 2. The standard InChI is InChI=1S/C22H20N2O8S/c1-30-21(28)12-7-8-13(22(29)31-2)15(9-12)23-18(25)11-32-19(26)10-17-20(27)24-14-5-3-4-6-16(14)33-17/h3-9,17H,10-11H2,1-2H3,(H,23,25)(H,24,27)/t17-/m0/s1. The Kier molecular flexibility index (Phi) is 7.67. The quantitative estimate of drug-likeness (QED) is 0.459. The fourth-order valence-corrected chi connectivity index (χ4v) is 4.05. The lowest BCUT2D eigenvalue weighted by molar-refractivity contribution is -0.147. The van der Waals surface area contributed by atoms with Gasteiger partial charge in [0.15, 0.2) is 6.61 Å². The van der Waals surface area contributed by atoms with Crippen molar-refractivity contribution in [2.24, 2.45) is 0 Å². The highest BCUT2D eigenvalue weighted by Crippen LogP contribution is 2.36. The SMILES string of the molecule is COC(=O)c1ccc(C(=O)OC)c(NC(=O)COC(=O)C[C@@H]2Sc3ccccc3NC2=O)c1. The summed E-state index contributed by atoms with van der Waals surface area (Å²) in [5, 5.41) is 4.45. The summed E-state index contributed by atoms with van der Waals surface area (Å²) in [5.41, 5.74) is 0.758. The second-order valence-corrected chi connectivity index (χ2v) is 7.99. The fraction of sp³-hybridized carbons (Fsp3) is 0.227. The largest absolute Gasteiger partial charge is 0.465 e. The predicted molar refractivity (Wildman–Crippen MR) is 118 cm³/mol. The maximum absolute atomic E-state index is 12.3. The molecular weight excluding hydrogens is 452 g/mol. The first kappa shape index (κ1) is 23.8. The third kappa shape index (κ3) is 5.89. The lowest BCUT2D eigenvalue weighted by Crippen LogP contribution is -2.32. The number of carbonyl (C=O) groups is 5. The normalized spacial score (nSPS) is 14.4. The number of amides is 2. The summed E-state index contributed by atoms with van der Waals surface area (Å²) in [6.07, 6.45) is -0.233. The van der Waals surface area contributed by atoms with Crippen LogP contribution in [0.1, 0.15) is 27.1 Å². The van der Waals surface area contributed by atoms with Crippen LogP contribution in [0.3, 0.4) is 0 Å². The Morgan fingerprint density at radius 2 is 1.76 bits per heavy atom. The van der Waals surface area contributed by atoms with Gasteiger partial charge in [-0.2, -0.15) is 0 Å². The Bertz CT molecular complexity index is 1120. The maximum Gasteiger partial charge on any atom is 0.339 e. The van der Waals surface area contributed by atoms with Crippen LogP contribution in [0, 0.1) is 0 Å². The second-order valence-electron chi connectivity index (χ2n) is 6.75. The molecule has 0 spiro atoms. The number of para-hydroxylation sites is 1. The number of fused-ring (bicyclic) bond motifs is 1. The molecule has 2 amide bonds. The molecule has 2 aromatic rings. The average Bonchev–Trinajstić information content (AvgIpc) is 2.82. The topological polar surface area (TPSA) is 137 Å². The lowest BCUT2D eigenvalue weighted by Gasteiger charge is -2.23. The molecule has 0 unspecified atom stereocenters. The molecule has 3 rings (SSSR count). The third-order valence-corrected chi connectivity index (χ3v) is 5.82. The predicted octanol–water partition coefficient (Wildman–Crippen LogP) is 2.24. The molecule has 0 radical (unpaired) electrons. The van der Waals surface area contributed by atoms with Crippen LogP contribution in [0.15, 0.2) is 47.4 Å². The fourth-order valence-electron chi connectivity index (χ4n) is 2.95. The Balaban J connectivity index is 1.60. The van der Waals surface area contributed by atoms with Gasteiger partial charge in [0.05, 0.1) is 48.4 Å². The van der Waals surface area contributed by atoms with Crippen LogP contribution < -0.4 is 10.6 Å². The van der Waals surface area contributed by atoms with E-state index in [1.165, 1.54) is 44.2 Å². The van der Waals surface area contributed by atoms with Gasteiger partial charge in [-0.1, -0.05) is 12.1 Å². The number of hydrogen-bond donors (Lipinski definition) is 2. The van der Waals surface area contributed by atoms with E-state index in [1.807, 2.05) is 12.1 Å². The number of benzene rings is 2. The zero-order valence-electron chi connectivity index (χ0n) is 17.7. The maximum atomic E-state index is 12.3. The first-order chi connectivity index (χ1) is 15.8. The highest BCUT2D eigenvalue weighted by molar-refractivity contribution is 8.01. The van der Waals surface area contributed by atoms with Crippen LogP contribution in [0.4, 0.5) is 11.4 Å². The minimum atomic E-state index is -0.749. The summed E-state index contributed by atoms with van der Waals surface area (Å²) in [5.74, 6) is -3.23. The van der Waals surface area contributed by atoms with Crippen LogP contribution in [0.5, 0.6) is 0 Å². The summed E-state index contributed by atoms with van der Waals surface area (Å²) >= 11 is 1.24. The summed E-state index contributed by atoms with van der Waals surface area (Å²) in [6.45, 7) is -0.655. The highest BCUT2D eigenvalue weighted by Gasteiger charge is 2.29. The molecule has 0 saturated carbocycles.